The number of hydrogen-bond acceptors (Lipinski definition) is 4. The third-order valence-corrected chi connectivity index (χ3v) is 2.98. The minimum Gasteiger partial charge on any atom is -0.380 e. The zero-order valence-electron chi connectivity index (χ0n) is 12.5. The largest absolute Gasteiger partial charge is 0.380 e. The summed E-state index contributed by atoms with van der Waals surface area (Å²) in [6, 6.07) is 4.24. The lowest BCUT2D eigenvalue weighted by molar-refractivity contribution is 0.154. The van der Waals surface area contributed by atoms with E-state index in [2.05, 4.69) is 41.2 Å². The van der Waals surface area contributed by atoms with Gasteiger partial charge >= 0.3 is 0 Å². The molecule has 0 aliphatic carbocycles. The molecular weight excluding hydrogens is 238 g/mol. The van der Waals surface area contributed by atoms with E-state index in [-0.39, 0.29) is 0 Å². The summed E-state index contributed by atoms with van der Waals surface area (Å²) in [5.74, 6) is 1.03. The zero-order chi connectivity index (χ0) is 13.9. The number of likely N-dealkylation sites (N-methyl/N-ethyl adjacent to an activating group) is 1. The van der Waals surface area contributed by atoms with Crippen LogP contribution in [-0.4, -0.2) is 37.8 Å². The van der Waals surface area contributed by atoms with Crippen LogP contribution < -0.4 is 10.2 Å². The number of anilines is 1. The highest BCUT2D eigenvalue weighted by Gasteiger charge is 2.05. The number of ether oxygens (including phenoxy) is 1. The number of nitrogens with zero attached hydrogens (tertiary/aromatic N) is 2. The third kappa shape index (κ3) is 6.03. The van der Waals surface area contributed by atoms with Gasteiger partial charge in [-0.1, -0.05) is 13.0 Å². The van der Waals surface area contributed by atoms with Crippen LogP contribution in [0.4, 0.5) is 5.82 Å². The minimum absolute atomic E-state index is 0.756. The van der Waals surface area contributed by atoms with Crippen molar-refractivity contribution >= 4 is 5.82 Å². The summed E-state index contributed by atoms with van der Waals surface area (Å²) >= 11 is 0. The Morgan fingerprint density at radius 2 is 2.11 bits per heavy atom. The van der Waals surface area contributed by atoms with Crippen LogP contribution >= 0.6 is 0 Å². The molecule has 0 amide bonds. The second kappa shape index (κ2) is 9.75. The van der Waals surface area contributed by atoms with Gasteiger partial charge in [-0.2, -0.15) is 0 Å². The first-order valence-electron chi connectivity index (χ1n) is 7.30. The number of pyridine rings is 1. The molecule has 4 nitrogen and oxygen atoms in total. The fraction of sp³-hybridized carbons (Fsp3) is 0.667. The smallest absolute Gasteiger partial charge is 0.128 e. The zero-order valence-corrected chi connectivity index (χ0v) is 12.5. The van der Waals surface area contributed by atoms with E-state index in [9.17, 15) is 0 Å². The maximum atomic E-state index is 5.40. The molecule has 0 fully saturated rings. The van der Waals surface area contributed by atoms with Crippen LogP contribution in [0.3, 0.4) is 0 Å². The van der Waals surface area contributed by atoms with Crippen molar-refractivity contribution in [2.24, 2.45) is 0 Å². The van der Waals surface area contributed by atoms with E-state index in [1.54, 1.807) is 0 Å². The molecule has 0 radical (unpaired) electrons. The van der Waals surface area contributed by atoms with Crippen LogP contribution in [0, 0.1) is 0 Å². The molecule has 1 aromatic heterocycles. The van der Waals surface area contributed by atoms with E-state index in [1.807, 2.05) is 13.1 Å². The minimum atomic E-state index is 0.756. The summed E-state index contributed by atoms with van der Waals surface area (Å²) in [7, 11) is 0. The van der Waals surface area contributed by atoms with Gasteiger partial charge in [0.25, 0.3) is 0 Å². The SMILES string of the molecule is CCCNCc1ccc(N(CC)CCOCC)nc1. The maximum absolute atomic E-state index is 5.40. The molecule has 0 atom stereocenters. The number of aromatic nitrogens is 1. The highest BCUT2D eigenvalue weighted by molar-refractivity contribution is 5.39. The molecule has 0 aliphatic rings. The average Bonchev–Trinajstić information content (AvgIpc) is 2.45. The quantitative estimate of drug-likeness (QED) is 0.659. The van der Waals surface area contributed by atoms with Crippen molar-refractivity contribution in [1.29, 1.82) is 0 Å². The van der Waals surface area contributed by atoms with E-state index in [1.165, 1.54) is 5.56 Å². The molecule has 19 heavy (non-hydrogen) atoms. The molecule has 1 rings (SSSR count). The van der Waals surface area contributed by atoms with Crippen molar-refractivity contribution in [3.8, 4) is 0 Å². The molecule has 0 saturated carbocycles. The van der Waals surface area contributed by atoms with Crippen LogP contribution in [0.5, 0.6) is 0 Å². The fourth-order valence-electron chi connectivity index (χ4n) is 1.87. The molecule has 0 saturated heterocycles. The van der Waals surface area contributed by atoms with Crippen LogP contribution in [0.2, 0.25) is 0 Å². The first kappa shape index (κ1) is 15.9. The summed E-state index contributed by atoms with van der Waals surface area (Å²) in [6.45, 7) is 11.7. The third-order valence-electron chi connectivity index (χ3n) is 2.98. The summed E-state index contributed by atoms with van der Waals surface area (Å²) in [6.07, 6.45) is 3.12. The van der Waals surface area contributed by atoms with Crippen molar-refractivity contribution in [3.63, 3.8) is 0 Å². The van der Waals surface area contributed by atoms with Crippen LogP contribution in [0.15, 0.2) is 18.3 Å². The van der Waals surface area contributed by atoms with E-state index in [4.69, 9.17) is 4.74 Å². The first-order valence-corrected chi connectivity index (χ1v) is 7.30. The first-order chi connectivity index (χ1) is 9.31. The lowest BCUT2D eigenvalue weighted by Gasteiger charge is -2.21. The highest BCUT2D eigenvalue weighted by atomic mass is 16.5. The molecule has 1 aromatic rings. The molecule has 0 aromatic carbocycles. The van der Waals surface area contributed by atoms with Gasteiger partial charge in [0.2, 0.25) is 0 Å². The molecule has 1 heterocycles. The van der Waals surface area contributed by atoms with Gasteiger partial charge in [-0.3, -0.25) is 0 Å². The predicted octanol–water partition coefficient (Wildman–Crippen LogP) is 2.44. The van der Waals surface area contributed by atoms with Gasteiger partial charge in [-0.05, 0) is 38.4 Å². The lowest BCUT2D eigenvalue weighted by Crippen LogP contribution is -2.28. The Balaban J connectivity index is 2.47. The molecule has 0 spiro atoms. The summed E-state index contributed by atoms with van der Waals surface area (Å²) in [5, 5.41) is 3.38. The fourth-order valence-corrected chi connectivity index (χ4v) is 1.87. The van der Waals surface area contributed by atoms with Crippen LogP contribution in [0.1, 0.15) is 32.8 Å². The van der Waals surface area contributed by atoms with Crippen LogP contribution in [0.25, 0.3) is 0 Å². The molecule has 0 unspecified atom stereocenters. The van der Waals surface area contributed by atoms with Crippen LogP contribution in [-0.2, 0) is 11.3 Å². The Bertz CT molecular complexity index is 327. The Kier molecular flexibility index (Phi) is 8.18. The van der Waals surface area contributed by atoms with E-state index in [0.29, 0.717) is 0 Å². The Labute approximate surface area is 117 Å². The highest BCUT2D eigenvalue weighted by Crippen LogP contribution is 2.10. The van der Waals surface area contributed by atoms with Gasteiger partial charge in [0.15, 0.2) is 0 Å². The topological polar surface area (TPSA) is 37.4 Å². The molecule has 1 N–H and O–H groups in total. The summed E-state index contributed by atoms with van der Waals surface area (Å²) in [4.78, 5) is 6.77. The van der Waals surface area contributed by atoms with E-state index in [0.717, 1.165) is 51.6 Å². The predicted molar refractivity (Wildman–Crippen MR) is 80.6 cm³/mol. The number of nitrogens with one attached hydrogen (secondary N) is 1. The molecule has 108 valence electrons. The van der Waals surface area contributed by atoms with Crippen molar-refractivity contribution < 1.29 is 4.74 Å². The number of hydrogen-bond donors (Lipinski definition) is 1. The summed E-state index contributed by atoms with van der Waals surface area (Å²) < 4.78 is 5.40. The van der Waals surface area contributed by atoms with Crippen molar-refractivity contribution in [2.45, 2.75) is 33.7 Å². The second-order valence-electron chi connectivity index (χ2n) is 4.48. The molecule has 0 aliphatic heterocycles. The Hall–Kier alpha value is -1.13. The van der Waals surface area contributed by atoms with Gasteiger partial charge in [0.1, 0.15) is 5.82 Å². The standard InChI is InChI=1S/C15H27N3O/c1-4-9-16-12-14-7-8-15(17-13-14)18(5-2)10-11-19-6-3/h7-8,13,16H,4-6,9-12H2,1-3H3. The molecule has 0 bridgehead atoms. The van der Waals surface area contributed by atoms with Crippen molar-refractivity contribution in [1.82, 2.24) is 10.3 Å². The van der Waals surface area contributed by atoms with Crippen molar-refractivity contribution in [3.05, 3.63) is 23.9 Å². The molecule has 4 heteroatoms. The normalized spacial score (nSPS) is 10.7. The Morgan fingerprint density at radius 3 is 2.68 bits per heavy atom. The van der Waals surface area contributed by atoms with Crippen molar-refractivity contribution in [2.75, 3.05) is 37.7 Å². The molecular formula is C15H27N3O. The second-order valence-corrected chi connectivity index (χ2v) is 4.48. The monoisotopic (exact) mass is 265 g/mol. The van der Waals surface area contributed by atoms with Gasteiger partial charge in [-0.25, -0.2) is 4.98 Å². The number of rotatable bonds is 10. The van der Waals surface area contributed by atoms with E-state index < -0.39 is 0 Å². The maximum Gasteiger partial charge on any atom is 0.128 e. The summed E-state index contributed by atoms with van der Waals surface area (Å²) in [5.41, 5.74) is 1.23. The lowest BCUT2D eigenvalue weighted by atomic mass is 10.2. The van der Waals surface area contributed by atoms with Gasteiger partial charge in [0.05, 0.1) is 6.61 Å². The van der Waals surface area contributed by atoms with Gasteiger partial charge < -0.3 is 15.0 Å². The van der Waals surface area contributed by atoms with Gasteiger partial charge in [-0.15, -0.1) is 0 Å². The average molecular weight is 265 g/mol. The van der Waals surface area contributed by atoms with Gasteiger partial charge in [0, 0.05) is 32.4 Å². The van der Waals surface area contributed by atoms with E-state index >= 15 is 0 Å². The Morgan fingerprint density at radius 1 is 1.26 bits per heavy atom.